The van der Waals surface area contributed by atoms with Crippen LogP contribution in [0.2, 0.25) is 0 Å². The molecule has 1 saturated heterocycles. The number of anilines is 1. The fraction of sp³-hybridized carbons (Fsp3) is 0.435. The molecule has 0 spiro atoms. The summed E-state index contributed by atoms with van der Waals surface area (Å²) in [7, 11) is 0. The van der Waals surface area contributed by atoms with Gasteiger partial charge in [-0.25, -0.2) is 0 Å². The molecule has 1 fully saturated rings. The first-order valence-electron chi connectivity index (χ1n) is 9.74. The molecule has 3 rings (SSSR count). The van der Waals surface area contributed by atoms with Crippen LogP contribution in [0.15, 0.2) is 48.5 Å². The number of hydrogen-bond acceptors (Lipinski definition) is 2. The summed E-state index contributed by atoms with van der Waals surface area (Å²) in [6.07, 6.45) is 2.63. The molecule has 1 amide bonds. The van der Waals surface area contributed by atoms with Gasteiger partial charge in [-0.15, -0.1) is 0 Å². The van der Waals surface area contributed by atoms with Crippen LogP contribution < -0.4 is 5.32 Å². The predicted molar refractivity (Wildman–Crippen MR) is 109 cm³/mol. The lowest BCUT2D eigenvalue weighted by molar-refractivity contribution is 0.102. The Bertz CT molecular complexity index is 736. The van der Waals surface area contributed by atoms with Crippen molar-refractivity contribution in [1.82, 2.24) is 4.90 Å². The fourth-order valence-corrected chi connectivity index (χ4v) is 3.76. The van der Waals surface area contributed by atoms with Crippen molar-refractivity contribution in [3.05, 3.63) is 65.2 Å². The van der Waals surface area contributed by atoms with Crippen LogP contribution >= 0.6 is 0 Å². The Kier molecular flexibility index (Phi) is 6.10. The zero-order chi connectivity index (χ0) is 18.5. The lowest BCUT2D eigenvalue weighted by Gasteiger charge is -2.30. The van der Waals surface area contributed by atoms with E-state index < -0.39 is 0 Å². The smallest absolute Gasteiger partial charge is 0.255 e. The minimum absolute atomic E-state index is 0.0451. The summed E-state index contributed by atoms with van der Waals surface area (Å²) < 4.78 is 0. The molecule has 0 aromatic heterocycles. The van der Waals surface area contributed by atoms with E-state index in [4.69, 9.17) is 0 Å². The van der Waals surface area contributed by atoms with E-state index in [0.29, 0.717) is 11.5 Å². The SMILES string of the molecule is CC(C)c1ccccc1NC(=O)c1ccc(CN2CCC[C@H](C)C2)cc1. The predicted octanol–water partition coefficient (Wildman–Crippen LogP) is 5.29. The number of nitrogens with one attached hydrogen (secondary N) is 1. The van der Waals surface area contributed by atoms with Crippen molar-refractivity contribution in [2.24, 2.45) is 5.92 Å². The maximum Gasteiger partial charge on any atom is 0.255 e. The molecule has 3 nitrogen and oxygen atoms in total. The van der Waals surface area contributed by atoms with E-state index >= 15 is 0 Å². The van der Waals surface area contributed by atoms with Gasteiger partial charge in [-0.1, -0.05) is 51.1 Å². The van der Waals surface area contributed by atoms with Gasteiger partial charge in [0.25, 0.3) is 5.91 Å². The molecule has 0 aliphatic carbocycles. The molecule has 1 N–H and O–H groups in total. The number of amides is 1. The number of benzene rings is 2. The molecule has 0 saturated carbocycles. The zero-order valence-corrected chi connectivity index (χ0v) is 16.2. The molecule has 26 heavy (non-hydrogen) atoms. The van der Waals surface area contributed by atoms with E-state index in [1.165, 1.54) is 31.5 Å². The van der Waals surface area contributed by atoms with E-state index in [0.717, 1.165) is 23.7 Å². The van der Waals surface area contributed by atoms with Crippen LogP contribution in [0.1, 0.15) is 61.0 Å². The van der Waals surface area contributed by atoms with Crippen molar-refractivity contribution in [2.45, 2.75) is 46.1 Å². The maximum atomic E-state index is 12.6. The number of nitrogens with zero attached hydrogens (tertiary/aromatic N) is 1. The molecule has 1 atom stereocenters. The summed E-state index contributed by atoms with van der Waals surface area (Å²) in [6.45, 7) is 9.94. The third-order valence-electron chi connectivity index (χ3n) is 5.19. The third-order valence-corrected chi connectivity index (χ3v) is 5.19. The van der Waals surface area contributed by atoms with Crippen LogP contribution in [0.5, 0.6) is 0 Å². The Morgan fingerprint density at radius 1 is 1.15 bits per heavy atom. The molecule has 1 aliphatic heterocycles. The fourth-order valence-electron chi connectivity index (χ4n) is 3.76. The van der Waals surface area contributed by atoms with Gasteiger partial charge in [0.2, 0.25) is 0 Å². The average Bonchev–Trinajstić information content (AvgIpc) is 2.62. The molecule has 0 bridgehead atoms. The highest BCUT2D eigenvalue weighted by Crippen LogP contribution is 2.24. The lowest BCUT2D eigenvalue weighted by atomic mass is 9.99. The highest BCUT2D eigenvalue weighted by molar-refractivity contribution is 6.04. The van der Waals surface area contributed by atoms with Crippen molar-refractivity contribution in [3.63, 3.8) is 0 Å². The lowest BCUT2D eigenvalue weighted by Crippen LogP contribution is -2.33. The Labute approximate surface area is 157 Å². The van der Waals surface area contributed by atoms with Crippen molar-refractivity contribution in [1.29, 1.82) is 0 Å². The van der Waals surface area contributed by atoms with Gasteiger partial charge < -0.3 is 5.32 Å². The topological polar surface area (TPSA) is 32.3 Å². The number of piperidine rings is 1. The first-order chi connectivity index (χ1) is 12.5. The Hall–Kier alpha value is -2.13. The van der Waals surface area contributed by atoms with Crippen LogP contribution in [0, 0.1) is 5.92 Å². The summed E-state index contributed by atoms with van der Waals surface area (Å²) in [5.74, 6) is 1.12. The number of likely N-dealkylation sites (tertiary alicyclic amines) is 1. The van der Waals surface area contributed by atoms with Gasteiger partial charge in [0, 0.05) is 24.3 Å². The average molecular weight is 351 g/mol. The van der Waals surface area contributed by atoms with Crippen molar-refractivity contribution in [3.8, 4) is 0 Å². The second kappa shape index (κ2) is 8.50. The number of carbonyl (C=O) groups is 1. The van der Waals surface area contributed by atoms with Gasteiger partial charge in [-0.3, -0.25) is 9.69 Å². The molecule has 1 heterocycles. The molecular formula is C23H30N2O. The summed E-state index contributed by atoms with van der Waals surface area (Å²) >= 11 is 0. The second-order valence-electron chi connectivity index (χ2n) is 7.88. The number of carbonyl (C=O) groups excluding carboxylic acids is 1. The normalized spacial score (nSPS) is 18.1. The van der Waals surface area contributed by atoms with E-state index in [1.54, 1.807) is 0 Å². The molecule has 2 aromatic carbocycles. The van der Waals surface area contributed by atoms with Crippen molar-refractivity contribution >= 4 is 11.6 Å². The van der Waals surface area contributed by atoms with Crippen LogP contribution in [0.4, 0.5) is 5.69 Å². The third kappa shape index (κ3) is 4.73. The minimum Gasteiger partial charge on any atom is -0.322 e. The van der Waals surface area contributed by atoms with Crippen molar-refractivity contribution < 1.29 is 4.79 Å². The first-order valence-corrected chi connectivity index (χ1v) is 9.74. The Morgan fingerprint density at radius 3 is 2.58 bits per heavy atom. The summed E-state index contributed by atoms with van der Waals surface area (Å²) in [4.78, 5) is 15.1. The van der Waals surface area contributed by atoms with E-state index in [9.17, 15) is 4.79 Å². The van der Waals surface area contributed by atoms with Crippen LogP contribution in [-0.2, 0) is 6.54 Å². The molecule has 0 radical (unpaired) electrons. The molecule has 138 valence electrons. The van der Waals surface area contributed by atoms with Gasteiger partial charge in [-0.2, -0.15) is 0 Å². The van der Waals surface area contributed by atoms with E-state index in [2.05, 4.69) is 49.2 Å². The van der Waals surface area contributed by atoms with Gasteiger partial charge in [-0.05, 0) is 60.5 Å². The van der Waals surface area contributed by atoms with Gasteiger partial charge >= 0.3 is 0 Å². The second-order valence-corrected chi connectivity index (χ2v) is 7.88. The number of hydrogen-bond donors (Lipinski definition) is 1. The molecule has 1 aliphatic rings. The largest absolute Gasteiger partial charge is 0.322 e. The first kappa shape index (κ1) is 18.7. The number of para-hydroxylation sites is 1. The van der Waals surface area contributed by atoms with Crippen molar-refractivity contribution in [2.75, 3.05) is 18.4 Å². The highest BCUT2D eigenvalue weighted by atomic mass is 16.1. The van der Waals surface area contributed by atoms with E-state index in [1.807, 2.05) is 30.3 Å². The van der Waals surface area contributed by atoms with Gasteiger partial charge in [0.05, 0.1) is 0 Å². The molecule has 0 unspecified atom stereocenters. The molecule has 2 aromatic rings. The highest BCUT2D eigenvalue weighted by Gasteiger charge is 2.16. The maximum absolute atomic E-state index is 12.6. The summed E-state index contributed by atoms with van der Waals surface area (Å²) in [5.41, 5.74) is 4.05. The standard InChI is InChI=1S/C23H30N2O/c1-17(2)21-8-4-5-9-22(21)24-23(26)20-12-10-19(11-13-20)16-25-14-6-7-18(3)15-25/h4-5,8-13,17-18H,6-7,14-16H2,1-3H3,(H,24,26)/t18-/m0/s1. The van der Waals surface area contributed by atoms with Crippen LogP contribution in [-0.4, -0.2) is 23.9 Å². The summed E-state index contributed by atoms with van der Waals surface area (Å²) in [6, 6.07) is 16.1. The molecule has 3 heteroatoms. The zero-order valence-electron chi connectivity index (χ0n) is 16.2. The van der Waals surface area contributed by atoms with Gasteiger partial charge in [0.15, 0.2) is 0 Å². The molecular weight excluding hydrogens is 320 g/mol. The summed E-state index contributed by atoms with van der Waals surface area (Å²) in [5, 5.41) is 3.07. The van der Waals surface area contributed by atoms with Crippen LogP contribution in [0.3, 0.4) is 0 Å². The minimum atomic E-state index is -0.0451. The van der Waals surface area contributed by atoms with Gasteiger partial charge in [0.1, 0.15) is 0 Å². The Morgan fingerprint density at radius 2 is 1.88 bits per heavy atom. The van der Waals surface area contributed by atoms with Crippen LogP contribution in [0.25, 0.3) is 0 Å². The Balaban J connectivity index is 1.64. The number of rotatable bonds is 5. The quantitative estimate of drug-likeness (QED) is 0.794. The monoisotopic (exact) mass is 350 g/mol. The van der Waals surface area contributed by atoms with E-state index in [-0.39, 0.29) is 5.91 Å².